The third-order valence-corrected chi connectivity index (χ3v) is 11.5. The van der Waals surface area contributed by atoms with E-state index in [0.717, 1.165) is 106 Å². The SMILES string of the molecule is Cc1cc2c(oc3c(C4=C/C(c5ccccc5)=C\C=C/C=C\C=C\C=C\4)cccc32)c(-c2ccccc2)c1Oc1ccccc1-c1cc(-c2ccccc2)cc(-c2ccccc2)c1. The molecule has 8 aromatic carbocycles. The van der Waals surface area contributed by atoms with Gasteiger partial charge in [0, 0.05) is 21.9 Å². The Kier molecular flexibility index (Phi) is 11.0. The van der Waals surface area contributed by atoms with Gasteiger partial charge in [-0.1, -0.05) is 212 Å². The summed E-state index contributed by atoms with van der Waals surface area (Å²) in [4.78, 5) is 0. The maximum absolute atomic E-state index is 7.25. The molecule has 0 fully saturated rings. The van der Waals surface area contributed by atoms with E-state index in [1.165, 1.54) is 0 Å². The molecular weight excluding hydrogens is 765 g/mol. The van der Waals surface area contributed by atoms with E-state index in [0.29, 0.717) is 0 Å². The van der Waals surface area contributed by atoms with Crippen LogP contribution in [0.5, 0.6) is 11.5 Å². The fourth-order valence-corrected chi connectivity index (χ4v) is 8.44. The van der Waals surface area contributed by atoms with Crippen LogP contribution in [-0.2, 0) is 0 Å². The summed E-state index contributed by atoms with van der Waals surface area (Å²) in [6, 6.07) is 66.0. The molecule has 2 nitrogen and oxygen atoms in total. The van der Waals surface area contributed by atoms with E-state index in [4.69, 9.17) is 9.15 Å². The van der Waals surface area contributed by atoms with Crippen molar-refractivity contribution < 1.29 is 9.15 Å². The second kappa shape index (κ2) is 17.8. The highest BCUT2D eigenvalue weighted by Gasteiger charge is 2.23. The molecule has 0 spiro atoms. The summed E-state index contributed by atoms with van der Waals surface area (Å²) in [6.07, 6.45) is 21.0. The van der Waals surface area contributed by atoms with Gasteiger partial charge in [0.15, 0.2) is 0 Å². The van der Waals surface area contributed by atoms with Crippen molar-refractivity contribution in [2.75, 3.05) is 0 Å². The third kappa shape index (κ3) is 8.19. The fourth-order valence-electron chi connectivity index (χ4n) is 8.44. The molecule has 300 valence electrons. The molecule has 1 aliphatic carbocycles. The van der Waals surface area contributed by atoms with Crippen molar-refractivity contribution in [1.82, 2.24) is 0 Å². The van der Waals surface area contributed by atoms with E-state index < -0.39 is 0 Å². The molecule has 10 rings (SSSR count). The zero-order valence-corrected chi connectivity index (χ0v) is 35.0. The second-order valence-corrected chi connectivity index (χ2v) is 15.7. The molecule has 0 N–H and O–H groups in total. The molecule has 1 aliphatic rings. The molecule has 1 aromatic heterocycles. The Morgan fingerprint density at radius 1 is 0.381 bits per heavy atom. The van der Waals surface area contributed by atoms with Crippen LogP contribution in [-0.4, -0.2) is 0 Å². The zero-order valence-electron chi connectivity index (χ0n) is 35.0. The van der Waals surface area contributed by atoms with Gasteiger partial charge in [0.05, 0.1) is 5.56 Å². The smallest absolute Gasteiger partial charge is 0.147 e. The Hall–Kier alpha value is -8.20. The number of allylic oxidation sites excluding steroid dienone is 12. The first-order chi connectivity index (χ1) is 31.2. The van der Waals surface area contributed by atoms with Gasteiger partial charge >= 0.3 is 0 Å². The van der Waals surface area contributed by atoms with Crippen LogP contribution in [0.25, 0.3) is 77.6 Å². The van der Waals surface area contributed by atoms with Gasteiger partial charge in [-0.05, 0) is 99.0 Å². The average molecular weight is 809 g/mol. The quantitative estimate of drug-likeness (QED) is 0.153. The van der Waals surface area contributed by atoms with Crippen LogP contribution in [0.2, 0.25) is 0 Å². The average Bonchev–Trinajstić information content (AvgIpc) is 3.71. The van der Waals surface area contributed by atoms with Gasteiger partial charge in [-0.25, -0.2) is 0 Å². The van der Waals surface area contributed by atoms with E-state index in [-0.39, 0.29) is 0 Å². The Balaban J connectivity index is 1.15. The van der Waals surface area contributed by atoms with E-state index in [9.17, 15) is 0 Å². The first-order valence-electron chi connectivity index (χ1n) is 21.4. The highest BCUT2D eigenvalue weighted by Crippen LogP contribution is 2.48. The summed E-state index contributed by atoms with van der Waals surface area (Å²) in [5.74, 6) is 1.52. The van der Waals surface area contributed by atoms with Crippen molar-refractivity contribution in [3.63, 3.8) is 0 Å². The van der Waals surface area contributed by atoms with Crippen LogP contribution in [0.1, 0.15) is 16.7 Å². The van der Waals surface area contributed by atoms with Crippen molar-refractivity contribution >= 4 is 33.1 Å². The van der Waals surface area contributed by atoms with Gasteiger partial charge in [-0.2, -0.15) is 0 Å². The molecule has 63 heavy (non-hydrogen) atoms. The molecule has 0 unspecified atom stereocenters. The van der Waals surface area contributed by atoms with Crippen molar-refractivity contribution in [3.05, 3.63) is 266 Å². The Bertz CT molecular complexity index is 3210. The molecule has 1 heterocycles. The normalized spacial score (nSPS) is 16.5. The first-order valence-corrected chi connectivity index (χ1v) is 21.4. The maximum atomic E-state index is 7.25. The molecule has 0 aliphatic heterocycles. The number of hydrogen-bond donors (Lipinski definition) is 0. The predicted octanol–water partition coefficient (Wildman–Crippen LogP) is 17.1. The molecule has 0 atom stereocenters. The highest BCUT2D eigenvalue weighted by molar-refractivity contribution is 6.14. The van der Waals surface area contributed by atoms with E-state index in [1.807, 2.05) is 30.4 Å². The van der Waals surface area contributed by atoms with Gasteiger partial charge in [0.1, 0.15) is 22.7 Å². The minimum Gasteiger partial charge on any atom is -0.456 e. The highest BCUT2D eigenvalue weighted by atomic mass is 16.5. The van der Waals surface area contributed by atoms with E-state index >= 15 is 0 Å². The summed E-state index contributed by atoms with van der Waals surface area (Å²) in [5.41, 5.74) is 15.5. The number of hydrogen-bond acceptors (Lipinski definition) is 2. The Morgan fingerprint density at radius 3 is 1.59 bits per heavy atom. The molecule has 0 saturated heterocycles. The van der Waals surface area contributed by atoms with Gasteiger partial charge in [0.25, 0.3) is 0 Å². The van der Waals surface area contributed by atoms with Gasteiger partial charge in [-0.3, -0.25) is 0 Å². The van der Waals surface area contributed by atoms with Gasteiger partial charge in [0.2, 0.25) is 0 Å². The van der Waals surface area contributed by atoms with Crippen molar-refractivity contribution in [2.24, 2.45) is 0 Å². The number of fused-ring (bicyclic) bond motifs is 3. The van der Waals surface area contributed by atoms with Crippen LogP contribution < -0.4 is 4.74 Å². The summed E-state index contributed by atoms with van der Waals surface area (Å²) in [6.45, 7) is 2.14. The minimum atomic E-state index is 0.758. The van der Waals surface area contributed by atoms with Gasteiger partial charge in [-0.15, -0.1) is 0 Å². The monoisotopic (exact) mass is 808 g/mol. The van der Waals surface area contributed by atoms with Crippen LogP contribution in [0.15, 0.2) is 253 Å². The molecule has 0 saturated carbocycles. The van der Waals surface area contributed by atoms with E-state index in [2.05, 4.69) is 225 Å². The Morgan fingerprint density at radius 2 is 0.921 bits per heavy atom. The first kappa shape index (κ1) is 39.0. The Labute approximate surface area is 369 Å². The van der Waals surface area contributed by atoms with Gasteiger partial charge < -0.3 is 9.15 Å². The molecule has 9 aromatic rings. The summed E-state index contributed by atoms with van der Waals surface area (Å²) in [5, 5.41) is 2.08. The summed E-state index contributed by atoms with van der Waals surface area (Å²) >= 11 is 0. The van der Waals surface area contributed by atoms with Crippen molar-refractivity contribution in [1.29, 1.82) is 0 Å². The number of rotatable bonds is 8. The molecule has 0 radical (unpaired) electrons. The van der Waals surface area contributed by atoms with Crippen LogP contribution in [0, 0.1) is 6.92 Å². The zero-order chi connectivity index (χ0) is 42.4. The topological polar surface area (TPSA) is 22.4 Å². The summed E-state index contributed by atoms with van der Waals surface area (Å²) < 4.78 is 14.5. The molecular formula is C61H44O2. The minimum absolute atomic E-state index is 0.758. The van der Waals surface area contributed by atoms with Crippen LogP contribution >= 0.6 is 0 Å². The largest absolute Gasteiger partial charge is 0.456 e. The second-order valence-electron chi connectivity index (χ2n) is 15.7. The number of para-hydroxylation sites is 2. The van der Waals surface area contributed by atoms with Crippen LogP contribution in [0.4, 0.5) is 0 Å². The standard InChI is InChI=1S/C61H44O2/c1-43-38-56-55-36-23-35-54(49-33-12-6-4-2-3-5-11-32-48(39-49)44-24-13-7-14-25-44)60(55)63-61(56)58(47-30-19-10-20-31-47)59(43)62-57-37-22-21-34-53(57)52-41-50(45-26-15-8-16-27-45)40-51(42-52)46-28-17-9-18-29-46/h2-42H,1H3/b3-2-,4-2?,5-3?,6-4+,11-5-,12-6?,32-11?,33-12+,48-32+,48-39?,49-33?,49-39+. The fraction of sp³-hybridized carbons (Fsp3) is 0.0164. The molecule has 2 heteroatoms. The maximum Gasteiger partial charge on any atom is 0.147 e. The van der Waals surface area contributed by atoms with Crippen LogP contribution in [0.3, 0.4) is 0 Å². The molecule has 0 bridgehead atoms. The number of aryl methyl sites for hydroxylation is 1. The third-order valence-electron chi connectivity index (χ3n) is 11.5. The number of furan rings is 1. The van der Waals surface area contributed by atoms with E-state index in [1.54, 1.807) is 0 Å². The van der Waals surface area contributed by atoms with Crippen molar-refractivity contribution in [3.8, 4) is 56.0 Å². The predicted molar refractivity (Wildman–Crippen MR) is 266 cm³/mol. The lowest BCUT2D eigenvalue weighted by Crippen LogP contribution is -1.95. The molecule has 0 amide bonds. The lowest BCUT2D eigenvalue weighted by Gasteiger charge is -2.18. The summed E-state index contributed by atoms with van der Waals surface area (Å²) in [7, 11) is 0. The lowest BCUT2D eigenvalue weighted by atomic mass is 9.93. The lowest BCUT2D eigenvalue weighted by molar-refractivity contribution is 0.482. The number of benzene rings is 8. The van der Waals surface area contributed by atoms with Crippen molar-refractivity contribution in [2.45, 2.75) is 6.92 Å². The number of ether oxygens (including phenoxy) is 1.